The molecule has 1 spiro atoms. The molecule has 0 unspecified atom stereocenters. The van der Waals surface area contributed by atoms with E-state index in [2.05, 4.69) is 4.98 Å². The van der Waals surface area contributed by atoms with E-state index in [0.717, 1.165) is 48.3 Å². The molecule has 0 N–H and O–H groups in total. The summed E-state index contributed by atoms with van der Waals surface area (Å²) in [6.07, 6.45) is 8.42. The molecule has 2 aromatic heterocycles. The molecule has 1 saturated heterocycles. The van der Waals surface area contributed by atoms with Gasteiger partial charge in [-0.15, -0.1) is 0 Å². The number of hydrogen-bond donors (Lipinski definition) is 0. The van der Waals surface area contributed by atoms with Gasteiger partial charge < -0.3 is 9.30 Å². The van der Waals surface area contributed by atoms with E-state index in [1.165, 1.54) is 6.42 Å². The second-order valence-corrected chi connectivity index (χ2v) is 8.23. The van der Waals surface area contributed by atoms with Crippen LogP contribution < -0.4 is 0 Å². The van der Waals surface area contributed by atoms with Crippen molar-refractivity contribution in [2.75, 3.05) is 13.1 Å². The maximum absolute atomic E-state index is 13.0. The molecule has 4 rings (SSSR count). The van der Waals surface area contributed by atoms with Gasteiger partial charge in [-0.1, -0.05) is 6.42 Å². The van der Waals surface area contributed by atoms with Crippen LogP contribution in [0.3, 0.4) is 0 Å². The predicted octanol–water partition coefficient (Wildman–Crippen LogP) is 4.14. The van der Waals surface area contributed by atoms with E-state index in [4.69, 9.17) is 4.74 Å². The lowest BCUT2D eigenvalue weighted by Gasteiger charge is -2.30. The number of aryl methyl sites for hydroxylation is 2. The molecule has 2 aromatic rings. The second-order valence-electron chi connectivity index (χ2n) is 8.23. The molecule has 6 nitrogen and oxygen atoms in total. The predicted molar refractivity (Wildman–Crippen MR) is 106 cm³/mol. The van der Waals surface area contributed by atoms with Gasteiger partial charge in [0.1, 0.15) is 5.60 Å². The van der Waals surface area contributed by atoms with Crippen LogP contribution in [0, 0.1) is 20.8 Å². The van der Waals surface area contributed by atoms with E-state index in [1.54, 1.807) is 11.1 Å². The Hall–Kier alpha value is -2.63. The minimum atomic E-state index is -0.375. The Balaban J connectivity index is 1.54. The van der Waals surface area contributed by atoms with Crippen molar-refractivity contribution in [3.8, 4) is 5.69 Å². The van der Waals surface area contributed by atoms with E-state index in [1.807, 2.05) is 43.7 Å². The molecule has 6 heteroatoms. The van der Waals surface area contributed by atoms with Gasteiger partial charge in [-0.05, 0) is 64.2 Å². The fourth-order valence-corrected chi connectivity index (χ4v) is 4.63. The van der Waals surface area contributed by atoms with Crippen LogP contribution >= 0.6 is 0 Å². The molecule has 0 bridgehead atoms. The van der Waals surface area contributed by atoms with Crippen molar-refractivity contribution >= 4 is 11.9 Å². The van der Waals surface area contributed by atoms with Gasteiger partial charge in [0.25, 0.3) is 0 Å². The van der Waals surface area contributed by atoms with Gasteiger partial charge in [0.2, 0.25) is 0 Å². The van der Waals surface area contributed by atoms with Crippen LogP contribution in [0.15, 0.2) is 24.5 Å². The van der Waals surface area contributed by atoms with Gasteiger partial charge in [-0.2, -0.15) is 0 Å². The maximum Gasteiger partial charge on any atom is 0.410 e. The van der Waals surface area contributed by atoms with Gasteiger partial charge in [0, 0.05) is 23.1 Å². The highest BCUT2D eigenvalue weighted by Crippen LogP contribution is 2.37. The Labute approximate surface area is 165 Å². The first-order valence-corrected chi connectivity index (χ1v) is 10.0. The standard InChI is InChI=1S/C22H27N3O3/c1-15-9-18(12-23-11-15)25-16(2)10-19(17(25)3)20(26)13-24-14-22(28-21(24)27)7-5-4-6-8-22/h9-12H,4-8,13-14H2,1-3H3. The van der Waals surface area contributed by atoms with Gasteiger partial charge in [-0.3, -0.25) is 14.7 Å². The first kappa shape index (κ1) is 18.7. The third-order valence-corrected chi connectivity index (χ3v) is 5.99. The Morgan fingerprint density at radius 1 is 1.14 bits per heavy atom. The Morgan fingerprint density at radius 3 is 2.61 bits per heavy atom. The summed E-state index contributed by atoms with van der Waals surface area (Å²) in [6, 6.07) is 3.95. The first-order valence-electron chi connectivity index (χ1n) is 10.0. The number of hydrogen-bond acceptors (Lipinski definition) is 4. The minimum absolute atomic E-state index is 0.0511. The van der Waals surface area contributed by atoms with Crippen molar-refractivity contribution < 1.29 is 14.3 Å². The number of amides is 1. The number of ether oxygens (including phenoxy) is 1. The third kappa shape index (κ3) is 3.32. The topological polar surface area (TPSA) is 64.4 Å². The normalized spacial score (nSPS) is 18.5. The van der Waals surface area contributed by atoms with Crippen LogP contribution in [0.1, 0.15) is 59.4 Å². The summed E-state index contributed by atoms with van der Waals surface area (Å²) in [6.45, 7) is 6.51. The fourth-order valence-electron chi connectivity index (χ4n) is 4.63. The van der Waals surface area contributed by atoms with Gasteiger partial charge >= 0.3 is 6.09 Å². The van der Waals surface area contributed by atoms with Crippen molar-refractivity contribution in [1.29, 1.82) is 0 Å². The largest absolute Gasteiger partial charge is 0.441 e. The zero-order valence-electron chi connectivity index (χ0n) is 16.8. The smallest absolute Gasteiger partial charge is 0.410 e. The Morgan fingerprint density at radius 2 is 1.89 bits per heavy atom. The summed E-state index contributed by atoms with van der Waals surface area (Å²) in [7, 11) is 0. The van der Waals surface area contributed by atoms with Crippen molar-refractivity contribution in [3.05, 3.63) is 47.0 Å². The van der Waals surface area contributed by atoms with Crippen LogP contribution in [0.25, 0.3) is 5.69 Å². The average Bonchev–Trinajstić information content (AvgIpc) is 3.11. The SMILES string of the molecule is Cc1cncc(-n2c(C)cc(C(=O)CN3CC4(CCCCC4)OC3=O)c2C)c1. The molecular weight excluding hydrogens is 354 g/mol. The molecule has 1 saturated carbocycles. The molecule has 0 aromatic carbocycles. The number of carbonyl (C=O) groups is 2. The number of nitrogens with zero attached hydrogens (tertiary/aromatic N) is 3. The van der Waals surface area contributed by atoms with Crippen molar-refractivity contribution in [3.63, 3.8) is 0 Å². The fraction of sp³-hybridized carbons (Fsp3) is 0.500. The molecule has 2 fully saturated rings. The number of ketones is 1. The molecule has 0 atom stereocenters. The number of pyridine rings is 1. The molecule has 148 valence electrons. The number of carbonyl (C=O) groups excluding carboxylic acids is 2. The van der Waals surface area contributed by atoms with Crippen LogP contribution in [0.5, 0.6) is 0 Å². The highest BCUT2D eigenvalue weighted by atomic mass is 16.6. The zero-order valence-corrected chi connectivity index (χ0v) is 16.8. The van der Waals surface area contributed by atoms with Crippen LogP contribution in [-0.2, 0) is 4.74 Å². The quantitative estimate of drug-likeness (QED) is 0.747. The van der Waals surface area contributed by atoms with Crippen LogP contribution in [0.4, 0.5) is 4.79 Å². The summed E-state index contributed by atoms with van der Waals surface area (Å²) in [5.41, 5.74) is 4.12. The van der Waals surface area contributed by atoms with Crippen molar-refractivity contribution in [1.82, 2.24) is 14.5 Å². The van der Waals surface area contributed by atoms with Gasteiger partial charge in [0.05, 0.1) is 25.0 Å². The highest BCUT2D eigenvalue weighted by molar-refractivity contribution is 6.00. The molecule has 28 heavy (non-hydrogen) atoms. The minimum Gasteiger partial charge on any atom is -0.441 e. The third-order valence-electron chi connectivity index (χ3n) is 5.99. The van der Waals surface area contributed by atoms with Gasteiger partial charge in [-0.25, -0.2) is 4.79 Å². The summed E-state index contributed by atoms with van der Waals surface area (Å²) >= 11 is 0. The molecule has 3 heterocycles. The van der Waals surface area contributed by atoms with E-state index < -0.39 is 0 Å². The lowest BCUT2D eigenvalue weighted by molar-refractivity contribution is 0.0260. The summed E-state index contributed by atoms with van der Waals surface area (Å²) < 4.78 is 7.74. The summed E-state index contributed by atoms with van der Waals surface area (Å²) in [5, 5.41) is 0. The van der Waals surface area contributed by atoms with Gasteiger partial charge in [0.15, 0.2) is 5.78 Å². The van der Waals surface area contributed by atoms with E-state index >= 15 is 0 Å². The zero-order chi connectivity index (χ0) is 19.9. The highest BCUT2D eigenvalue weighted by Gasteiger charge is 2.46. The van der Waals surface area contributed by atoms with Crippen molar-refractivity contribution in [2.24, 2.45) is 0 Å². The number of rotatable bonds is 4. The second kappa shape index (κ2) is 7.08. The molecular formula is C22H27N3O3. The number of Topliss-reactive ketones (excluding diaryl/α,β-unsaturated/α-hetero) is 1. The number of aromatic nitrogens is 2. The molecule has 1 aliphatic heterocycles. The Bertz CT molecular complexity index is 925. The van der Waals surface area contributed by atoms with E-state index in [-0.39, 0.29) is 24.0 Å². The van der Waals surface area contributed by atoms with Crippen LogP contribution in [-0.4, -0.2) is 45.0 Å². The maximum atomic E-state index is 13.0. The lowest BCUT2D eigenvalue weighted by atomic mass is 9.85. The summed E-state index contributed by atoms with van der Waals surface area (Å²) in [5.74, 6) is -0.0511. The van der Waals surface area contributed by atoms with Crippen molar-refractivity contribution in [2.45, 2.75) is 58.5 Å². The summed E-state index contributed by atoms with van der Waals surface area (Å²) in [4.78, 5) is 31.2. The average molecular weight is 381 g/mol. The molecule has 0 radical (unpaired) electrons. The lowest BCUT2D eigenvalue weighted by Crippen LogP contribution is -2.38. The molecule has 1 aliphatic carbocycles. The van der Waals surface area contributed by atoms with Crippen LogP contribution in [0.2, 0.25) is 0 Å². The monoisotopic (exact) mass is 381 g/mol. The molecule has 2 aliphatic rings. The Kier molecular flexibility index (Phi) is 4.73. The van der Waals surface area contributed by atoms with E-state index in [0.29, 0.717) is 12.1 Å². The first-order chi connectivity index (χ1) is 13.4. The molecule has 1 amide bonds. The van der Waals surface area contributed by atoms with E-state index in [9.17, 15) is 9.59 Å².